The van der Waals surface area contributed by atoms with Crippen molar-refractivity contribution in [1.29, 1.82) is 5.26 Å². The van der Waals surface area contributed by atoms with Crippen molar-refractivity contribution in [1.82, 2.24) is 10.3 Å². The minimum Gasteiger partial charge on any atom is -0.404 e. The van der Waals surface area contributed by atoms with Crippen molar-refractivity contribution in [3.05, 3.63) is 59.4 Å². The van der Waals surface area contributed by atoms with Gasteiger partial charge >= 0.3 is 0 Å². The molecule has 3 rings (SSSR count). The maximum Gasteiger partial charge on any atom is 0.149 e. The molecule has 0 bridgehead atoms. The zero-order chi connectivity index (χ0) is 20.6. The number of nitrogens with two attached hydrogens (primary N) is 1. The smallest absolute Gasteiger partial charge is 0.149 e. The van der Waals surface area contributed by atoms with Crippen LogP contribution in [0.3, 0.4) is 0 Å². The van der Waals surface area contributed by atoms with E-state index in [4.69, 9.17) is 11.0 Å². The van der Waals surface area contributed by atoms with Crippen LogP contribution < -0.4 is 21.7 Å². The lowest BCUT2D eigenvalue weighted by atomic mass is 10.00. The lowest BCUT2D eigenvalue weighted by molar-refractivity contribution is 0.572. The van der Waals surface area contributed by atoms with Crippen molar-refractivity contribution >= 4 is 23.3 Å². The molecule has 7 nitrogen and oxygen atoms in total. The zero-order valence-corrected chi connectivity index (χ0v) is 16.8. The maximum atomic E-state index is 8.91. The molecule has 0 fully saturated rings. The molecule has 2 heterocycles. The Morgan fingerprint density at radius 3 is 2.93 bits per heavy atom. The van der Waals surface area contributed by atoms with Crippen molar-refractivity contribution in [2.24, 2.45) is 10.7 Å². The molecule has 0 radical (unpaired) electrons. The van der Waals surface area contributed by atoms with Gasteiger partial charge in [0.1, 0.15) is 5.82 Å². The second-order valence-corrected chi connectivity index (χ2v) is 7.14. The third-order valence-corrected chi connectivity index (χ3v) is 5.00. The standard InChI is InChI=1S/C22H27N7/c1-15(17-5-3-16(8-23)4-6-17)10-26-13-20-14-27-21-7-18(12-28-22(21)29-20)19(9-24)11-25-2/h3-7,9,11-12,15,20,26-27H,10,13-14,24H2,1-2H3,(H,28,29)/b19-9+,25-11?. The molecular formula is C22H27N7. The van der Waals surface area contributed by atoms with Gasteiger partial charge in [0.25, 0.3) is 0 Å². The number of allylic oxidation sites excluding steroid dienone is 1. The highest BCUT2D eigenvalue weighted by Gasteiger charge is 2.19. The van der Waals surface area contributed by atoms with Crippen molar-refractivity contribution in [3.8, 4) is 6.07 Å². The average Bonchev–Trinajstić information content (AvgIpc) is 2.77. The molecule has 1 aromatic carbocycles. The number of rotatable bonds is 7. The molecule has 5 N–H and O–H groups in total. The van der Waals surface area contributed by atoms with Crippen LogP contribution in [0.15, 0.2) is 47.7 Å². The predicted octanol–water partition coefficient (Wildman–Crippen LogP) is 2.55. The van der Waals surface area contributed by atoms with E-state index in [1.54, 1.807) is 19.5 Å². The van der Waals surface area contributed by atoms with E-state index in [1.165, 1.54) is 11.8 Å². The average molecular weight is 390 g/mol. The van der Waals surface area contributed by atoms with Crippen molar-refractivity contribution in [3.63, 3.8) is 0 Å². The molecule has 2 aromatic rings. The zero-order valence-electron chi connectivity index (χ0n) is 16.8. The molecule has 0 aliphatic carbocycles. The normalized spacial score (nSPS) is 17.1. The monoisotopic (exact) mass is 389 g/mol. The van der Waals surface area contributed by atoms with Gasteiger partial charge in [0.15, 0.2) is 0 Å². The first kappa shape index (κ1) is 20.4. The van der Waals surface area contributed by atoms with E-state index < -0.39 is 0 Å². The number of nitrogens with one attached hydrogen (secondary N) is 3. The van der Waals surface area contributed by atoms with Crippen LogP contribution in [0.4, 0.5) is 11.5 Å². The molecule has 0 amide bonds. The Balaban J connectivity index is 1.53. The van der Waals surface area contributed by atoms with Crippen molar-refractivity contribution in [2.45, 2.75) is 18.9 Å². The number of hydrogen-bond acceptors (Lipinski definition) is 7. The van der Waals surface area contributed by atoms with E-state index in [0.29, 0.717) is 11.5 Å². The van der Waals surface area contributed by atoms with Crippen LogP contribution in [0.2, 0.25) is 0 Å². The Bertz CT molecular complexity index is 925. The summed E-state index contributed by atoms with van der Waals surface area (Å²) in [5, 5.41) is 19.4. The van der Waals surface area contributed by atoms with Gasteiger partial charge in [-0.25, -0.2) is 4.98 Å². The van der Waals surface area contributed by atoms with Gasteiger partial charge in [-0.1, -0.05) is 19.1 Å². The van der Waals surface area contributed by atoms with Crippen LogP contribution in [0.1, 0.15) is 29.5 Å². The molecule has 1 aliphatic rings. The van der Waals surface area contributed by atoms with Gasteiger partial charge in [-0.05, 0) is 29.7 Å². The summed E-state index contributed by atoms with van der Waals surface area (Å²) in [6, 6.07) is 12.2. The predicted molar refractivity (Wildman–Crippen MR) is 119 cm³/mol. The Hall–Kier alpha value is -3.37. The Morgan fingerprint density at radius 2 is 2.24 bits per heavy atom. The van der Waals surface area contributed by atoms with Gasteiger partial charge in [-0.15, -0.1) is 0 Å². The van der Waals surface area contributed by atoms with E-state index in [9.17, 15) is 0 Å². The lowest BCUT2D eigenvalue weighted by Crippen LogP contribution is -2.42. The van der Waals surface area contributed by atoms with Gasteiger partial charge in [0, 0.05) is 56.4 Å². The molecule has 7 heteroatoms. The molecule has 1 aromatic heterocycles. The van der Waals surface area contributed by atoms with Gasteiger partial charge < -0.3 is 21.7 Å². The first-order chi connectivity index (χ1) is 14.1. The summed E-state index contributed by atoms with van der Waals surface area (Å²) in [6.07, 6.45) is 5.06. The molecule has 29 heavy (non-hydrogen) atoms. The van der Waals surface area contributed by atoms with Crippen LogP contribution in [0.25, 0.3) is 5.57 Å². The van der Waals surface area contributed by atoms with E-state index in [2.05, 4.69) is 38.9 Å². The van der Waals surface area contributed by atoms with Crippen LogP contribution in [-0.4, -0.2) is 43.9 Å². The van der Waals surface area contributed by atoms with Crippen LogP contribution in [0, 0.1) is 11.3 Å². The fourth-order valence-corrected chi connectivity index (χ4v) is 3.30. The second kappa shape index (κ2) is 9.71. The molecule has 0 saturated carbocycles. The third kappa shape index (κ3) is 5.12. The number of fused-ring (bicyclic) bond motifs is 1. The number of anilines is 2. The van der Waals surface area contributed by atoms with Crippen molar-refractivity contribution in [2.75, 3.05) is 37.3 Å². The molecule has 2 unspecified atom stereocenters. The number of nitrogens with zero attached hydrogens (tertiary/aromatic N) is 3. The summed E-state index contributed by atoms with van der Waals surface area (Å²) in [7, 11) is 1.72. The number of benzene rings is 1. The highest BCUT2D eigenvalue weighted by atomic mass is 15.1. The molecule has 2 atom stereocenters. The van der Waals surface area contributed by atoms with Crippen LogP contribution in [0.5, 0.6) is 0 Å². The SMILES string of the molecule is CN=C/C(=C\N)c1cnc2c(c1)NCC(CNCC(C)c1ccc(C#N)cc1)N2. The highest BCUT2D eigenvalue weighted by molar-refractivity contribution is 6.09. The topological polar surface area (TPSA) is 111 Å². The fourth-order valence-electron chi connectivity index (χ4n) is 3.30. The second-order valence-electron chi connectivity index (χ2n) is 7.14. The fraction of sp³-hybridized carbons (Fsp3) is 0.318. The first-order valence-corrected chi connectivity index (χ1v) is 9.70. The minimum atomic E-state index is 0.246. The highest BCUT2D eigenvalue weighted by Crippen LogP contribution is 2.26. The third-order valence-electron chi connectivity index (χ3n) is 5.00. The molecule has 1 aliphatic heterocycles. The first-order valence-electron chi connectivity index (χ1n) is 9.70. The Morgan fingerprint density at radius 1 is 1.45 bits per heavy atom. The largest absolute Gasteiger partial charge is 0.404 e. The number of aliphatic imine (C=N–C) groups is 1. The summed E-state index contributed by atoms with van der Waals surface area (Å²) in [4.78, 5) is 8.57. The van der Waals surface area contributed by atoms with E-state index in [-0.39, 0.29) is 6.04 Å². The van der Waals surface area contributed by atoms with Crippen LogP contribution in [-0.2, 0) is 0 Å². The van der Waals surface area contributed by atoms with Gasteiger partial charge in [-0.2, -0.15) is 5.26 Å². The quantitative estimate of drug-likeness (QED) is 0.542. The summed E-state index contributed by atoms with van der Waals surface area (Å²) in [5.41, 5.74) is 10.3. The van der Waals surface area contributed by atoms with Gasteiger partial charge in [0.05, 0.1) is 23.4 Å². The Labute approximate surface area is 171 Å². The molecular weight excluding hydrogens is 362 g/mol. The molecule has 150 valence electrons. The molecule has 0 spiro atoms. The lowest BCUT2D eigenvalue weighted by Gasteiger charge is -2.28. The summed E-state index contributed by atoms with van der Waals surface area (Å²) in [5.74, 6) is 1.21. The summed E-state index contributed by atoms with van der Waals surface area (Å²) in [6.45, 7) is 4.68. The van der Waals surface area contributed by atoms with E-state index in [0.717, 1.165) is 42.3 Å². The number of nitriles is 1. The van der Waals surface area contributed by atoms with Crippen molar-refractivity contribution < 1.29 is 0 Å². The minimum absolute atomic E-state index is 0.246. The number of aromatic nitrogens is 1. The molecule has 0 saturated heterocycles. The van der Waals surface area contributed by atoms with E-state index in [1.807, 2.05) is 30.3 Å². The van der Waals surface area contributed by atoms with E-state index >= 15 is 0 Å². The maximum absolute atomic E-state index is 8.91. The number of pyridine rings is 1. The summed E-state index contributed by atoms with van der Waals surface area (Å²) >= 11 is 0. The van der Waals surface area contributed by atoms with Gasteiger partial charge in [0.2, 0.25) is 0 Å². The Kier molecular flexibility index (Phi) is 6.82. The number of hydrogen-bond donors (Lipinski definition) is 4. The van der Waals surface area contributed by atoms with Crippen LogP contribution >= 0.6 is 0 Å². The van der Waals surface area contributed by atoms with Gasteiger partial charge in [-0.3, -0.25) is 4.99 Å². The summed E-state index contributed by atoms with van der Waals surface area (Å²) < 4.78 is 0.